The van der Waals surface area contributed by atoms with Crippen LogP contribution in [0.3, 0.4) is 0 Å². The summed E-state index contributed by atoms with van der Waals surface area (Å²) in [5.41, 5.74) is 1.97. The van der Waals surface area contributed by atoms with Gasteiger partial charge in [0, 0.05) is 0 Å². The van der Waals surface area contributed by atoms with Crippen LogP contribution in [-0.2, 0) is 9.53 Å². The van der Waals surface area contributed by atoms with Crippen molar-refractivity contribution in [2.75, 3.05) is 33.5 Å². The predicted octanol–water partition coefficient (Wildman–Crippen LogP) is 4.00. The zero-order valence-electron chi connectivity index (χ0n) is 23.6. The van der Waals surface area contributed by atoms with Crippen molar-refractivity contribution in [2.24, 2.45) is 4.99 Å². The Balaban J connectivity index is 1.92. The fourth-order valence-electron chi connectivity index (χ4n) is 4.55. The van der Waals surface area contributed by atoms with E-state index in [0.29, 0.717) is 69.0 Å². The first-order valence-electron chi connectivity index (χ1n) is 13.3. The zero-order chi connectivity index (χ0) is 28.8. The van der Waals surface area contributed by atoms with E-state index < -0.39 is 12.0 Å². The second kappa shape index (κ2) is 12.9. The molecule has 0 spiro atoms. The quantitative estimate of drug-likeness (QED) is 0.324. The van der Waals surface area contributed by atoms with Crippen molar-refractivity contribution >= 4 is 23.4 Å². The molecule has 0 unspecified atom stereocenters. The Bertz CT molecular complexity index is 1600. The van der Waals surface area contributed by atoms with E-state index in [2.05, 4.69) is 4.99 Å². The summed E-state index contributed by atoms with van der Waals surface area (Å²) < 4.78 is 30.1. The van der Waals surface area contributed by atoms with Gasteiger partial charge in [-0.2, -0.15) is 0 Å². The number of hydrogen-bond donors (Lipinski definition) is 0. The average Bonchev–Trinajstić information content (AvgIpc) is 3.23. The predicted molar refractivity (Wildman–Crippen MR) is 153 cm³/mol. The van der Waals surface area contributed by atoms with Crippen LogP contribution in [0, 0.1) is 0 Å². The van der Waals surface area contributed by atoms with E-state index in [1.165, 1.54) is 11.3 Å². The number of nitrogens with zero attached hydrogens (tertiary/aromatic N) is 2. The van der Waals surface area contributed by atoms with Gasteiger partial charge < -0.3 is 23.7 Å². The van der Waals surface area contributed by atoms with Crippen LogP contribution in [0.4, 0.5) is 0 Å². The maximum atomic E-state index is 13.9. The number of rotatable bonds is 11. The lowest BCUT2D eigenvalue weighted by Gasteiger charge is -2.25. The number of ether oxygens (including phenoxy) is 5. The van der Waals surface area contributed by atoms with Gasteiger partial charge in [-0.25, -0.2) is 9.79 Å². The third-order valence-corrected chi connectivity index (χ3v) is 7.17. The minimum atomic E-state index is -0.762. The fraction of sp³-hybridized carbons (Fsp3) is 0.367. The third-order valence-electron chi connectivity index (χ3n) is 6.19. The number of carbonyl (C=O) groups excluding carboxylic acids is 1. The molecule has 9 nitrogen and oxygen atoms in total. The van der Waals surface area contributed by atoms with Crippen molar-refractivity contribution < 1.29 is 28.5 Å². The Hall–Kier alpha value is -4.05. The average molecular weight is 567 g/mol. The fourth-order valence-corrected chi connectivity index (χ4v) is 5.59. The Morgan fingerprint density at radius 3 is 2.23 bits per heavy atom. The van der Waals surface area contributed by atoms with Crippen LogP contribution in [0.1, 0.15) is 51.8 Å². The van der Waals surface area contributed by atoms with Crippen molar-refractivity contribution in [3.63, 3.8) is 0 Å². The highest BCUT2D eigenvalue weighted by atomic mass is 32.1. The summed E-state index contributed by atoms with van der Waals surface area (Å²) in [6.07, 6.45) is 1.79. The smallest absolute Gasteiger partial charge is 0.338 e. The van der Waals surface area contributed by atoms with Gasteiger partial charge in [-0.1, -0.05) is 23.5 Å². The summed E-state index contributed by atoms with van der Waals surface area (Å²) >= 11 is 1.25. The lowest BCUT2D eigenvalue weighted by atomic mass is 9.95. The second-order valence-corrected chi connectivity index (χ2v) is 9.73. The van der Waals surface area contributed by atoms with Gasteiger partial charge in [-0.15, -0.1) is 0 Å². The number of methoxy groups -OCH3 is 1. The summed E-state index contributed by atoms with van der Waals surface area (Å²) in [5.74, 6) is 1.79. The van der Waals surface area contributed by atoms with E-state index in [0.717, 1.165) is 5.56 Å². The summed E-state index contributed by atoms with van der Waals surface area (Å²) in [4.78, 5) is 32.3. The number of hydrogen-bond acceptors (Lipinski definition) is 9. The Kier molecular flexibility index (Phi) is 9.31. The molecule has 0 fully saturated rings. The molecule has 4 rings (SSSR count). The summed E-state index contributed by atoms with van der Waals surface area (Å²) in [7, 11) is 1.58. The van der Waals surface area contributed by atoms with Crippen molar-refractivity contribution in [3.8, 4) is 23.0 Å². The molecule has 212 valence electrons. The Labute approximate surface area is 236 Å². The number of carbonyl (C=O) groups is 1. The standard InChI is InChI=1S/C30H34N2O7S/c1-7-36-22-14-12-20(17-24(22)38-9-3)27-26(29(34)39-10-4)18(5)31-30-32(27)28(33)25(40-30)16-19-11-13-21(35-6)23(15-19)37-8-2/h11-17,27H,7-10H2,1-6H3/b25-16-/t27-/m0/s1. The van der Waals surface area contributed by atoms with Crippen LogP contribution < -0.4 is 33.8 Å². The number of fused-ring (bicyclic) bond motifs is 1. The second-order valence-electron chi connectivity index (χ2n) is 8.72. The van der Waals surface area contributed by atoms with Crippen LogP contribution in [0.5, 0.6) is 23.0 Å². The molecule has 0 radical (unpaired) electrons. The normalized spacial score (nSPS) is 14.8. The minimum absolute atomic E-state index is 0.194. The third kappa shape index (κ3) is 5.77. The highest BCUT2D eigenvalue weighted by Crippen LogP contribution is 2.36. The molecule has 10 heteroatoms. The zero-order valence-corrected chi connectivity index (χ0v) is 24.4. The van der Waals surface area contributed by atoms with Crippen LogP contribution in [-0.4, -0.2) is 44.1 Å². The molecule has 2 aromatic carbocycles. The van der Waals surface area contributed by atoms with Crippen LogP contribution in [0.2, 0.25) is 0 Å². The van der Waals surface area contributed by atoms with E-state index in [4.69, 9.17) is 23.7 Å². The van der Waals surface area contributed by atoms with Gasteiger partial charge in [0.2, 0.25) is 0 Å². The highest BCUT2D eigenvalue weighted by molar-refractivity contribution is 7.07. The van der Waals surface area contributed by atoms with Gasteiger partial charge in [0.05, 0.1) is 55.4 Å². The first-order chi connectivity index (χ1) is 19.4. The highest BCUT2D eigenvalue weighted by Gasteiger charge is 2.34. The maximum Gasteiger partial charge on any atom is 0.338 e. The van der Waals surface area contributed by atoms with Gasteiger partial charge in [-0.05, 0) is 76.1 Å². The summed E-state index contributed by atoms with van der Waals surface area (Å²) in [6.45, 7) is 10.7. The minimum Gasteiger partial charge on any atom is -0.493 e. The molecule has 0 bridgehead atoms. The number of esters is 1. The molecular formula is C30H34N2O7S. The van der Waals surface area contributed by atoms with Gasteiger partial charge in [0.25, 0.3) is 5.56 Å². The van der Waals surface area contributed by atoms with E-state index in [1.807, 2.05) is 45.0 Å². The number of allylic oxidation sites excluding steroid dienone is 1. The van der Waals surface area contributed by atoms with Crippen molar-refractivity contribution in [2.45, 2.75) is 40.7 Å². The topological polar surface area (TPSA) is 97.6 Å². The first kappa shape index (κ1) is 28.9. The van der Waals surface area contributed by atoms with Crippen molar-refractivity contribution in [3.05, 3.63) is 78.5 Å². The van der Waals surface area contributed by atoms with Gasteiger partial charge in [0.1, 0.15) is 0 Å². The number of aromatic nitrogens is 1. The molecule has 0 N–H and O–H groups in total. The first-order valence-corrected chi connectivity index (χ1v) is 14.1. The lowest BCUT2D eigenvalue weighted by Crippen LogP contribution is -2.40. The molecule has 0 aliphatic carbocycles. The largest absolute Gasteiger partial charge is 0.493 e. The lowest BCUT2D eigenvalue weighted by molar-refractivity contribution is -0.139. The molecule has 2 heterocycles. The Morgan fingerprint density at radius 1 is 0.925 bits per heavy atom. The van der Waals surface area contributed by atoms with Gasteiger partial charge in [0.15, 0.2) is 27.8 Å². The van der Waals surface area contributed by atoms with Gasteiger partial charge >= 0.3 is 5.97 Å². The maximum absolute atomic E-state index is 13.9. The molecule has 0 saturated carbocycles. The van der Waals surface area contributed by atoms with Crippen LogP contribution in [0.25, 0.3) is 6.08 Å². The molecule has 40 heavy (non-hydrogen) atoms. The van der Waals surface area contributed by atoms with Crippen molar-refractivity contribution in [1.82, 2.24) is 4.57 Å². The SMILES string of the molecule is CCOC(=O)C1=C(C)N=c2s/c(=C\c3ccc(OC)c(OCC)c3)c(=O)n2[C@H]1c1ccc(OCC)c(OCC)c1. The van der Waals surface area contributed by atoms with E-state index in [9.17, 15) is 9.59 Å². The van der Waals surface area contributed by atoms with Crippen LogP contribution >= 0.6 is 11.3 Å². The molecule has 3 aromatic rings. The summed E-state index contributed by atoms with van der Waals surface area (Å²) in [5, 5.41) is 0. The monoisotopic (exact) mass is 566 g/mol. The number of thiazole rings is 1. The van der Waals surface area contributed by atoms with Crippen molar-refractivity contribution in [1.29, 1.82) is 0 Å². The van der Waals surface area contributed by atoms with E-state index >= 15 is 0 Å². The summed E-state index contributed by atoms with van der Waals surface area (Å²) in [6, 6.07) is 10.2. The van der Waals surface area contributed by atoms with E-state index in [1.54, 1.807) is 43.7 Å². The molecule has 1 atom stereocenters. The molecule has 0 amide bonds. The molecular weight excluding hydrogens is 532 g/mol. The van der Waals surface area contributed by atoms with E-state index in [-0.39, 0.29) is 12.2 Å². The Morgan fingerprint density at radius 2 is 1.57 bits per heavy atom. The molecule has 0 saturated heterocycles. The number of benzene rings is 2. The molecule has 1 aromatic heterocycles. The molecule has 1 aliphatic rings. The van der Waals surface area contributed by atoms with Gasteiger partial charge in [-0.3, -0.25) is 9.36 Å². The van der Waals surface area contributed by atoms with Crippen LogP contribution in [0.15, 0.2) is 57.5 Å². The molecule has 1 aliphatic heterocycles.